The fourth-order valence-corrected chi connectivity index (χ4v) is 3.39. The lowest BCUT2D eigenvalue weighted by Gasteiger charge is -2.05. The van der Waals surface area contributed by atoms with Crippen LogP contribution in [0.1, 0.15) is 15.9 Å². The summed E-state index contributed by atoms with van der Waals surface area (Å²) in [7, 11) is -3.78. The van der Waals surface area contributed by atoms with Gasteiger partial charge >= 0.3 is 5.97 Å². The molecule has 0 radical (unpaired) electrons. The zero-order valence-corrected chi connectivity index (χ0v) is 17.9. The molecule has 6 nitrogen and oxygen atoms in total. The van der Waals surface area contributed by atoms with Crippen molar-refractivity contribution in [2.24, 2.45) is 5.10 Å². The number of hydrogen-bond acceptors (Lipinski definition) is 5. The van der Waals surface area contributed by atoms with Crippen molar-refractivity contribution in [3.05, 3.63) is 93.4 Å². The zero-order chi connectivity index (χ0) is 20.9. The SMILES string of the molecule is O=C(Oc1ccc(/C=N\NS(=O)(=O)c2ccc(Cl)cc2)cc1)c1ccc(Br)cc1. The van der Waals surface area contributed by atoms with Crippen molar-refractivity contribution in [1.82, 2.24) is 4.83 Å². The third kappa shape index (κ3) is 5.90. The second-order valence-corrected chi connectivity index (χ2v) is 8.79. The lowest BCUT2D eigenvalue weighted by atomic mass is 10.2. The van der Waals surface area contributed by atoms with Crippen molar-refractivity contribution in [2.45, 2.75) is 4.90 Å². The van der Waals surface area contributed by atoms with Gasteiger partial charge in [0.15, 0.2) is 0 Å². The summed E-state index contributed by atoms with van der Waals surface area (Å²) in [5, 5.41) is 4.19. The summed E-state index contributed by atoms with van der Waals surface area (Å²) in [6.45, 7) is 0. The molecule has 0 fully saturated rings. The van der Waals surface area contributed by atoms with Crippen molar-refractivity contribution >= 4 is 49.7 Å². The molecule has 148 valence electrons. The first-order chi connectivity index (χ1) is 13.8. The Kier molecular flexibility index (Phi) is 6.68. The number of carbonyl (C=O) groups excluding carboxylic acids is 1. The number of nitrogens with zero attached hydrogens (tertiary/aromatic N) is 1. The molecule has 0 saturated heterocycles. The van der Waals surface area contributed by atoms with Gasteiger partial charge in [0.1, 0.15) is 5.75 Å². The number of carbonyl (C=O) groups is 1. The second kappa shape index (κ2) is 9.21. The highest BCUT2D eigenvalue weighted by molar-refractivity contribution is 9.10. The van der Waals surface area contributed by atoms with Crippen LogP contribution >= 0.6 is 27.5 Å². The molecule has 0 aliphatic heterocycles. The highest BCUT2D eigenvalue weighted by Gasteiger charge is 2.12. The van der Waals surface area contributed by atoms with E-state index < -0.39 is 16.0 Å². The molecule has 0 spiro atoms. The quantitative estimate of drug-likeness (QED) is 0.235. The Labute approximate surface area is 181 Å². The van der Waals surface area contributed by atoms with Crippen LogP contribution in [0.3, 0.4) is 0 Å². The third-order valence-corrected chi connectivity index (χ3v) is 5.70. The number of halogens is 2. The predicted octanol–water partition coefficient (Wildman–Crippen LogP) is 4.63. The maximum Gasteiger partial charge on any atom is 0.343 e. The van der Waals surface area contributed by atoms with E-state index in [1.807, 2.05) is 0 Å². The average Bonchev–Trinajstić information content (AvgIpc) is 2.70. The van der Waals surface area contributed by atoms with Gasteiger partial charge in [-0.3, -0.25) is 0 Å². The van der Waals surface area contributed by atoms with Crippen molar-refractivity contribution < 1.29 is 17.9 Å². The summed E-state index contributed by atoms with van der Waals surface area (Å²) in [5.74, 6) is -0.119. The number of hydrazone groups is 1. The number of rotatable bonds is 6. The minimum Gasteiger partial charge on any atom is -0.423 e. The first kappa shape index (κ1) is 21.0. The number of esters is 1. The van der Waals surface area contributed by atoms with E-state index in [1.54, 1.807) is 48.5 Å². The molecule has 3 rings (SSSR count). The Morgan fingerprint density at radius 1 is 0.966 bits per heavy atom. The van der Waals surface area contributed by atoms with Gasteiger partial charge in [0.05, 0.1) is 16.7 Å². The van der Waals surface area contributed by atoms with Gasteiger partial charge in [-0.05, 0) is 78.4 Å². The summed E-state index contributed by atoms with van der Waals surface area (Å²) < 4.78 is 30.4. The van der Waals surface area contributed by atoms with Gasteiger partial charge < -0.3 is 4.74 Å². The van der Waals surface area contributed by atoms with E-state index in [1.165, 1.54) is 30.5 Å². The summed E-state index contributed by atoms with van der Waals surface area (Å²) in [6.07, 6.45) is 1.34. The summed E-state index contributed by atoms with van der Waals surface area (Å²) in [4.78, 5) is 14.3. The van der Waals surface area contributed by atoms with Crippen molar-refractivity contribution in [3.63, 3.8) is 0 Å². The molecule has 3 aromatic carbocycles. The Bertz CT molecular complexity index is 1130. The standard InChI is InChI=1S/C20H14BrClN2O4S/c21-16-5-3-15(4-6-16)20(25)28-18-9-1-14(2-10-18)13-23-24-29(26,27)19-11-7-17(22)8-12-19/h1-13,24H/b23-13-. The zero-order valence-electron chi connectivity index (χ0n) is 14.7. The highest BCUT2D eigenvalue weighted by Crippen LogP contribution is 2.16. The molecular formula is C20H14BrClN2O4S. The number of benzene rings is 3. The number of hydrogen-bond donors (Lipinski definition) is 1. The first-order valence-corrected chi connectivity index (χ1v) is 10.9. The fraction of sp³-hybridized carbons (Fsp3) is 0. The van der Waals surface area contributed by atoms with Crippen LogP contribution < -0.4 is 9.57 Å². The number of sulfonamides is 1. The van der Waals surface area contributed by atoms with Crippen molar-refractivity contribution in [1.29, 1.82) is 0 Å². The molecule has 9 heteroatoms. The molecule has 0 aliphatic carbocycles. The van der Waals surface area contributed by atoms with Crippen LogP contribution in [0.5, 0.6) is 5.75 Å². The monoisotopic (exact) mass is 492 g/mol. The van der Waals surface area contributed by atoms with E-state index in [-0.39, 0.29) is 4.90 Å². The fourth-order valence-electron chi connectivity index (χ4n) is 2.21. The van der Waals surface area contributed by atoms with E-state index >= 15 is 0 Å². The average molecular weight is 494 g/mol. The number of nitrogens with one attached hydrogen (secondary N) is 1. The topological polar surface area (TPSA) is 84.8 Å². The van der Waals surface area contributed by atoms with Crippen LogP contribution in [0.25, 0.3) is 0 Å². The van der Waals surface area contributed by atoms with Crippen LogP contribution in [-0.4, -0.2) is 20.6 Å². The van der Waals surface area contributed by atoms with E-state index in [0.717, 1.165) is 4.47 Å². The summed E-state index contributed by atoms with van der Waals surface area (Å²) in [6, 6.07) is 19.0. The lowest BCUT2D eigenvalue weighted by Crippen LogP contribution is -2.18. The molecule has 0 bridgehead atoms. The summed E-state index contributed by atoms with van der Waals surface area (Å²) in [5.41, 5.74) is 1.04. The second-order valence-electron chi connectivity index (χ2n) is 5.77. The van der Waals surface area contributed by atoms with E-state index in [4.69, 9.17) is 16.3 Å². The minimum absolute atomic E-state index is 0.0502. The smallest absolute Gasteiger partial charge is 0.343 e. The predicted molar refractivity (Wildman–Crippen MR) is 115 cm³/mol. The first-order valence-electron chi connectivity index (χ1n) is 8.22. The maximum absolute atomic E-state index is 12.1. The highest BCUT2D eigenvalue weighted by atomic mass is 79.9. The van der Waals surface area contributed by atoms with Gasteiger partial charge in [0.25, 0.3) is 10.0 Å². The third-order valence-electron chi connectivity index (χ3n) is 3.68. The maximum atomic E-state index is 12.1. The molecule has 0 aliphatic rings. The van der Waals surface area contributed by atoms with Gasteiger partial charge in [-0.1, -0.05) is 27.5 Å². The van der Waals surface area contributed by atoms with Crippen LogP contribution in [0.2, 0.25) is 5.02 Å². The van der Waals surface area contributed by atoms with Gasteiger partial charge in [0.2, 0.25) is 0 Å². The molecule has 1 N–H and O–H groups in total. The normalized spacial score (nSPS) is 11.4. The Balaban J connectivity index is 1.60. The molecule has 0 saturated carbocycles. The largest absolute Gasteiger partial charge is 0.423 e. The molecule has 3 aromatic rings. The Hall–Kier alpha value is -2.68. The van der Waals surface area contributed by atoms with Crippen LogP contribution in [0, 0.1) is 0 Å². The molecular weight excluding hydrogens is 480 g/mol. The van der Waals surface area contributed by atoms with Crippen LogP contribution in [0.4, 0.5) is 0 Å². The number of ether oxygens (including phenoxy) is 1. The van der Waals surface area contributed by atoms with Crippen LogP contribution in [0.15, 0.2) is 87.3 Å². The summed E-state index contributed by atoms with van der Waals surface area (Å²) >= 11 is 9.06. The van der Waals surface area contributed by atoms with Crippen LogP contribution in [-0.2, 0) is 10.0 Å². The van der Waals surface area contributed by atoms with Gasteiger partial charge in [-0.15, -0.1) is 0 Å². The van der Waals surface area contributed by atoms with Gasteiger partial charge in [-0.25, -0.2) is 9.63 Å². The van der Waals surface area contributed by atoms with Gasteiger partial charge in [-0.2, -0.15) is 13.5 Å². The molecule has 0 amide bonds. The van der Waals surface area contributed by atoms with Crippen molar-refractivity contribution in [3.8, 4) is 5.75 Å². The molecule has 0 heterocycles. The Morgan fingerprint density at radius 3 is 2.21 bits per heavy atom. The minimum atomic E-state index is -3.78. The van der Waals surface area contributed by atoms with E-state index in [0.29, 0.717) is 21.9 Å². The van der Waals surface area contributed by atoms with E-state index in [9.17, 15) is 13.2 Å². The molecule has 29 heavy (non-hydrogen) atoms. The lowest BCUT2D eigenvalue weighted by molar-refractivity contribution is 0.0734. The van der Waals surface area contributed by atoms with E-state index in [2.05, 4.69) is 25.9 Å². The van der Waals surface area contributed by atoms with Crippen molar-refractivity contribution in [2.75, 3.05) is 0 Å². The Morgan fingerprint density at radius 2 is 1.59 bits per heavy atom. The molecule has 0 atom stereocenters. The molecule has 0 aromatic heterocycles. The van der Waals surface area contributed by atoms with Gasteiger partial charge in [0, 0.05) is 9.50 Å². The molecule has 0 unspecified atom stereocenters.